The van der Waals surface area contributed by atoms with E-state index < -0.39 is 28.5 Å². The van der Waals surface area contributed by atoms with Crippen LogP contribution in [0, 0.1) is 13.8 Å². The van der Waals surface area contributed by atoms with E-state index in [1.807, 2.05) is 52.0 Å². The Labute approximate surface area is 234 Å². The van der Waals surface area contributed by atoms with Gasteiger partial charge in [0.1, 0.15) is 12.6 Å². The van der Waals surface area contributed by atoms with E-state index in [-0.39, 0.29) is 23.4 Å². The smallest absolute Gasteiger partial charge is 0.264 e. The van der Waals surface area contributed by atoms with Crippen molar-refractivity contribution in [1.82, 2.24) is 10.2 Å². The molecule has 3 aromatic carbocycles. The van der Waals surface area contributed by atoms with Crippen molar-refractivity contribution in [2.75, 3.05) is 10.8 Å². The molecule has 3 aromatic rings. The van der Waals surface area contributed by atoms with E-state index in [0.717, 1.165) is 25.5 Å². The standard InChI is InChI=1S/C29H34BrN3O4S/c1-20(2)31-29(35)23(5)32(18-24-7-6-8-25(30)17-24)28(34)19-33(26-13-9-21(3)10-14-26)38(36,37)27-15-11-22(4)12-16-27/h6-17,20,23H,18-19H2,1-5H3,(H,31,35)/t23-/m0/s1. The summed E-state index contributed by atoms with van der Waals surface area (Å²) in [5.41, 5.74) is 3.06. The van der Waals surface area contributed by atoms with Crippen molar-refractivity contribution < 1.29 is 18.0 Å². The zero-order chi connectivity index (χ0) is 28.0. The molecule has 0 aliphatic rings. The molecule has 0 aliphatic heterocycles. The molecule has 0 radical (unpaired) electrons. The molecule has 0 heterocycles. The Bertz CT molecular complexity index is 1370. The number of nitrogens with one attached hydrogen (secondary N) is 1. The third-order valence-electron chi connectivity index (χ3n) is 6.05. The lowest BCUT2D eigenvalue weighted by Gasteiger charge is -2.32. The minimum atomic E-state index is -4.08. The molecule has 1 atom stereocenters. The SMILES string of the molecule is Cc1ccc(N(CC(=O)N(Cc2cccc(Br)c2)[C@@H](C)C(=O)NC(C)C)S(=O)(=O)c2ccc(C)cc2)cc1. The molecule has 1 N–H and O–H groups in total. The molecule has 202 valence electrons. The summed E-state index contributed by atoms with van der Waals surface area (Å²) >= 11 is 3.45. The quantitative estimate of drug-likeness (QED) is 0.347. The van der Waals surface area contributed by atoms with E-state index >= 15 is 0 Å². The maximum Gasteiger partial charge on any atom is 0.264 e. The van der Waals surface area contributed by atoms with Crippen molar-refractivity contribution in [3.05, 3.63) is 94.0 Å². The van der Waals surface area contributed by atoms with Gasteiger partial charge in [0.05, 0.1) is 10.6 Å². The lowest BCUT2D eigenvalue weighted by molar-refractivity contribution is -0.139. The Morgan fingerprint density at radius 3 is 2.03 bits per heavy atom. The molecule has 0 unspecified atom stereocenters. The first kappa shape index (κ1) is 29.4. The highest BCUT2D eigenvalue weighted by molar-refractivity contribution is 9.10. The van der Waals surface area contributed by atoms with Gasteiger partial charge in [-0.05, 0) is 76.6 Å². The molecule has 0 aliphatic carbocycles. The number of hydrogen-bond donors (Lipinski definition) is 1. The lowest BCUT2D eigenvalue weighted by Crippen LogP contribution is -2.52. The van der Waals surface area contributed by atoms with Crippen molar-refractivity contribution in [2.24, 2.45) is 0 Å². The summed E-state index contributed by atoms with van der Waals surface area (Å²) in [6, 6.07) is 20.0. The van der Waals surface area contributed by atoms with Gasteiger partial charge in [-0.25, -0.2) is 8.42 Å². The Morgan fingerprint density at radius 2 is 1.47 bits per heavy atom. The van der Waals surface area contributed by atoms with E-state index in [1.54, 1.807) is 43.3 Å². The summed E-state index contributed by atoms with van der Waals surface area (Å²) < 4.78 is 29.6. The molecule has 0 bridgehead atoms. The number of rotatable bonds is 10. The van der Waals surface area contributed by atoms with Crippen LogP contribution in [0.15, 0.2) is 82.2 Å². The Balaban J connectivity index is 2.02. The van der Waals surface area contributed by atoms with Crippen molar-refractivity contribution in [2.45, 2.75) is 58.1 Å². The van der Waals surface area contributed by atoms with Crippen LogP contribution in [0.25, 0.3) is 0 Å². The highest BCUT2D eigenvalue weighted by Crippen LogP contribution is 2.25. The van der Waals surface area contributed by atoms with Crippen LogP contribution >= 0.6 is 15.9 Å². The van der Waals surface area contributed by atoms with Gasteiger partial charge < -0.3 is 10.2 Å². The molecule has 7 nitrogen and oxygen atoms in total. The topological polar surface area (TPSA) is 86.8 Å². The van der Waals surface area contributed by atoms with Crippen LogP contribution in [0.5, 0.6) is 0 Å². The van der Waals surface area contributed by atoms with Gasteiger partial charge in [0.15, 0.2) is 0 Å². The molecular weight excluding hydrogens is 566 g/mol. The normalized spacial score (nSPS) is 12.2. The van der Waals surface area contributed by atoms with Crippen LogP contribution in [-0.2, 0) is 26.2 Å². The van der Waals surface area contributed by atoms with E-state index in [0.29, 0.717) is 5.69 Å². The number of amides is 2. The fourth-order valence-electron chi connectivity index (χ4n) is 3.90. The maximum absolute atomic E-state index is 13.9. The Kier molecular flexibility index (Phi) is 9.73. The van der Waals surface area contributed by atoms with Gasteiger partial charge in [0.25, 0.3) is 10.0 Å². The number of nitrogens with zero attached hydrogens (tertiary/aromatic N) is 2. The van der Waals surface area contributed by atoms with Crippen LogP contribution in [0.1, 0.15) is 37.5 Å². The molecule has 38 heavy (non-hydrogen) atoms. The number of aryl methyl sites for hydroxylation is 2. The van der Waals surface area contributed by atoms with Crippen LogP contribution in [0.4, 0.5) is 5.69 Å². The Morgan fingerprint density at radius 1 is 0.895 bits per heavy atom. The predicted molar refractivity (Wildman–Crippen MR) is 154 cm³/mol. The third-order valence-corrected chi connectivity index (χ3v) is 8.33. The monoisotopic (exact) mass is 599 g/mol. The summed E-state index contributed by atoms with van der Waals surface area (Å²) in [5, 5.41) is 2.85. The number of hydrogen-bond acceptors (Lipinski definition) is 4. The van der Waals surface area contributed by atoms with Gasteiger partial charge in [-0.15, -0.1) is 0 Å². The highest BCUT2D eigenvalue weighted by atomic mass is 79.9. The van der Waals surface area contributed by atoms with Gasteiger partial charge in [-0.2, -0.15) is 0 Å². The number of carbonyl (C=O) groups is 2. The van der Waals surface area contributed by atoms with Crippen molar-refractivity contribution in [3.8, 4) is 0 Å². The fourth-order valence-corrected chi connectivity index (χ4v) is 5.76. The summed E-state index contributed by atoms with van der Waals surface area (Å²) in [7, 11) is -4.08. The van der Waals surface area contributed by atoms with Crippen molar-refractivity contribution >= 4 is 43.5 Å². The van der Waals surface area contributed by atoms with Crippen LogP contribution < -0.4 is 9.62 Å². The van der Waals surface area contributed by atoms with E-state index in [1.165, 1.54) is 17.0 Å². The first-order valence-corrected chi connectivity index (χ1v) is 14.6. The molecule has 0 fully saturated rings. The van der Waals surface area contributed by atoms with Crippen LogP contribution in [-0.4, -0.2) is 43.8 Å². The summed E-state index contributed by atoms with van der Waals surface area (Å²) in [6.45, 7) is 8.79. The number of benzene rings is 3. The zero-order valence-corrected chi connectivity index (χ0v) is 24.7. The third kappa shape index (κ3) is 7.45. The van der Waals surface area contributed by atoms with E-state index in [2.05, 4.69) is 21.2 Å². The molecule has 2 amide bonds. The number of carbonyl (C=O) groups excluding carboxylic acids is 2. The largest absolute Gasteiger partial charge is 0.352 e. The first-order valence-electron chi connectivity index (χ1n) is 12.4. The average molecular weight is 601 g/mol. The Hall–Kier alpha value is -3.17. The number of anilines is 1. The molecule has 9 heteroatoms. The lowest BCUT2D eigenvalue weighted by atomic mass is 10.1. The molecule has 0 aromatic heterocycles. The van der Waals surface area contributed by atoms with Gasteiger partial charge in [-0.3, -0.25) is 13.9 Å². The van der Waals surface area contributed by atoms with E-state index in [9.17, 15) is 18.0 Å². The van der Waals surface area contributed by atoms with Gasteiger partial charge >= 0.3 is 0 Å². The van der Waals surface area contributed by atoms with Crippen molar-refractivity contribution in [1.29, 1.82) is 0 Å². The zero-order valence-electron chi connectivity index (χ0n) is 22.3. The summed E-state index contributed by atoms with van der Waals surface area (Å²) in [5.74, 6) is -0.806. The molecule has 3 rings (SSSR count). The second kappa shape index (κ2) is 12.6. The number of sulfonamides is 1. The van der Waals surface area contributed by atoms with Crippen molar-refractivity contribution in [3.63, 3.8) is 0 Å². The van der Waals surface area contributed by atoms with Gasteiger partial charge in [0.2, 0.25) is 11.8 Å². The van der Waals surface area contributed by atoms with E-state index in [4.69, 9.17) is 0 Å². The van der Waals surface area contributed by atoms with Gasteiger partial charge in [0, 0.05) is 17.1 Å². The minimum absolute atomic E-state index is 0.0839. The molecular formula is C29H34BrN3O4S. The summed E-state index contributed by atoms with van der Waals surface area (Å²) in [4.78, 5) is 28.3. The second-order valence-electron chi connectivity index (χ2n) is 9.65. The van der Waals surface area contributed by atoms with Crippen LogP contribution in [0.2, 0.25) is 0 Å². The predicted octanol–water partition coefficient (Wildman–Crippen LogP) is 5.20. The minimum Gasteiger partial charge on any atom is -0.352 e. The first-order chi connectivity index (χ1) is 17.9. The van der Waals surface area contributed by atoms with Crippen LogP contribution in [0.3, 0.4) is 0 Å². The maximum atomic E-state index is 13.9. The molecule has 0 spiro atoms. The average Bonchev–Trinajstić information content (AvgIpc) is 2.86. The number of halogens is 1. The molecule has 0 saturated carbocycles. The fraction of sp³-hybridized carbons (Fsp3) is 0.310. The van der Waals surface area contributed by atoms with Gasteiger partial charge in [-0.1, -0.05) is 63.5 Å². The second-order valence-corrected chi connectivity index (χ2v) is 12.4. The molecule has 0 saturated heterocycles. The highest BCUT2D eigenvalue weighted by Gasteiger charge is 2.32. The summed E-state index contributed by atoms with van der Waals surface area (Å²) in [6.07, 6.45) is 0.